The van der Waals surface area contributed by atoms with Crippen LogP contribution in [0.2, 0.25) is 0 Å². The van der Waals surface area contributed by atoms with Crippen molar-refractivity contribution in [3.63, 3.8) is 0 Å². The molecule has 0 atom stereocenters. The van der Waals surface area contributed by atoms with Gasteiger partial charge in [0.1, 0.15) is 5.60 Å². The number of carbonyl (C=O) groups excluding carboxylic acids is 1. The van der Waals surface area contributed by atoms with Crippen LogP contribution in [0.25, 0.3) is 10.9 Å². The first-order valence-corrected chi connectivity index (χ1v) is 5.18. The second kappa shape index (κ2) is 4.99. The fourth-order valence-corrected chi connectivity index (χ4v) is 1.47. The SMILES string of the molecule is CC(C)(C)OC(=O)n1c[c-]c2ccccc21.[Li+]. The van der Waals surface area contributed by atoms with E-state index in [0.29, 0.717) is 0 Å². The van der Waals surface area contributed by atoms with Crippen LogP contribution in [0.3, 0.4) is 0 Å². The van der Waals surface area contributed by atoms with Crippen LogP contribution in [0.15, 0.2) is 30.5 Å². The normalized spacial score (nSPS) is 11.0. The van der Waals surface area contributed by atoms with Gasteiger partial charge in [-0.25, -0.2) is 4.79 Å². The zero-order valence-electron chi connectivity index (χ0n) is 10.7. The Morgan fingerprint density at radius 2 is 1.94 bits per heavy atom. The molecule has 2 aromatic rings. The predicted octanol–water partition coefficient (Wildman–Crippen LogP) is 0.229. The molecule has 0 N–H and O–H groups in total. The molecule has 17 heavy (non-hydrogen) atoms. The molecule has 84 valence electrons. The van der Waals surface area contributed by atoms with Crippen LogP contribution in [0.5, 0.6) is 0 Å². The van der Waals surface area contributed by atoms with Gasteiger partial charge in [-0.1, -0.05) is 23.8 Å². The molecular weight excluding hydrogens is 209 g/mol. The van der Waals surface area contributed by atoms with E-state index >= 15 is 0 Å². The molecule has 1 aromatic heterocycles. The minimum Gasteiger partial charge on any atom is -0.444 e. The Morgan fingerprint density at radius 1 is 1.29 bits per heavy atom. The summed E-state index contributed by atoms with van der Waals surface area (Å²) in [6, 6.07) is 10.6. The summed E-state index contributed by atoms with van der Waals surface area (Å²) in [4.78, 5) is 11.9. The first kappa shape index (κ1) is 13.9. The number of aromatic nitrogens is 1. The second-order valence-corrected chi connectivity index (χ2v) is 4.64. The smallest absolute Gasteiger partial charge is 0.444 e. The number of fused-ring (bicyclic) bond motifs is 1. The molecule has 0 bridgehead atoms. The van der Waals surface area contributed by atoms with Crippen LogP contribution in [-0.2, 0) is 4.74 Å². The van der Waals surface area contributed by atoms with Gasteiger partial charge in [-0.3, -0.25) is 0 Å². The molecule has 0 fully saturated rings. The summed E-state index contributed by atoms with van der Waals surface area (Å²) in [5.41, 5.74) is 0.333. The Labute approximate surface area is 113 Å². The first-order valence-electron chi connectivity index (χ1n) is 5.18. The number of rotatable bonds is 0. The quantitative estimate of drug-likeness (QED) is 0.473. The third-order valence-electron chi connectivity index (χ3n) is 2.10. The Morgan fingerprint density at radius 3 is 2.59 bits per heavy atom. The number of ether oxygens (including phenoxy) is 1. The maximum Gasteiger partial charge on any atom is 1.00 e. The van der Waals surface area contributed by atoms with Crippen molar-refractivity contribution in [1.29, 1.82) is 0 Å². The molecule has 3 nitrogen and oxygen atoms in total. The van der Waals surface area contributed by atoms with E-state index < -0.39 is 5.60 Å². The van der Waals surface area contributed by atoms with Gasteiger partial charge in [0, 0.05) is 0 Å². The molecule has 0 unspecified atom stereocenters. The van der Waals surface area contributed by atoms with E-state index in [1.54, 1.807) is 6.20 Å². The summed E-state index contributed by atoms with van der Waals surface area (Å²) in [7, 11) is 0. The monoisotopic (exact) mass is 223 g/mol. The Kier molecular flexibility index (Phi) is 4.08. The minimum atomic E-state index is -0.484. The van der Waals surface area contributed by atoms with E-state index in [-0.39, 0.29) is 25.0 Å². The van der Waals surface area contributed by atoms with Crippen molar-refractivity contribution in [3.8, 4) is 0 Å². The predicted molar refractivity (Wildman–Crippen MR) is 62.4 cm³/mol. The van der Waals surface area contributed by atoms with Crippen LogP contribution in [-0.4, -0.2) is 16.3 Å². The van der Waals surface area contributed by atoms with Crippen molar-refractivity contribution in [2.75, 3.05) is 0 Å². The first-order chi connectivity index (χ1) is 7.47. The molecule has 0 aliphatic rings. The van der Waals surface area contributed by atoms with Gasteiger partial charge in [-0.05, 0) is 20.8 Å². The third-order valence-corrected chi connectivity index (χ3v) is 2.10. The van der Waals surface area contributed by atoms with Crippen molar-refractivity contribution in [1.82, 2.24) is 4.57 Å². The van der Waals surface area contributed by atoms with Crippen molar-refractivity contribution in [2.24, 2.45) is 0 Å². The maximum atomic E-state index is 11.9. The van der Waals surface area contributed by atoms with Crippen LogP contribution in [0.4, 0.5) is 4.79 Å². The van der Waals surface area contributed by atoms with Crippen LogP contribution >= 0.6 is 0 Å². The molecule has 0 saturated carbocycles. The van der Waals surface area contributed by atoms with Gasteiger partial charge in [0.05, 0.1) is 0 Å². The molecule has 0 amide bonds. The standard InChI is InChI=1S/C13H14NO2.Li/c1-13(2,3)16-12(15)14-9-8-10-6-4-5-7-11(10)14;/h4-7,9H,1-3H3;/q-1;+1. The number of hydrogen-bond donors (Lipinski definition) is 0. The average molecular weight is 223 g/mol. The van der Waals surface area contributed by atoms with Gasteiger partial charge in [0.2, 0.25) is 0 Å². The van der Waals surface area contributed by atoms with Gasteiger partial charge in [-0.15, -0.1) is 6.07 Å². The second-order valence-electron chi connectivity index (χ2n) is 4.64. The molecule has 0 radical (unpaired) electrons. The van der Waals surface area contributed by atoms with Crippen molar-refractivity contribution >= 4 is 17.0 Å². The minimum absolute atomic E-state index is 0. The van der Waals surface area contributed by atoms with E-state index in [2.05, 4.69) is 6.07 Å². The van der Waals surface area contributed by atoms with E-state index in [0.717, 1.165) is 10.9 Å². The van der Waals surface area contributed by atoms with Gasteiger partial charge >= 0.3 is 25.0 Å². The molecule has 1 heterocycles. The van der Waals surface area contributed by atoms with Gasteiger partial charge in [0.25, 0.3) is 0 Å². The Balaban J connectivity index is 0.00000144. The van der Waals surface area contributed by atoms with Crippen molar-refractivity contribution in [2.45, 2.75) is 26.4 Å². The van der Waals surface area contributed by atoms with Crippen LogP contribution in [0, 0.1) is 6.07 Å². The molecule has 2 rings (SSSR count). The molecule has 1 aromatic carbocycles. The van der Waals surface area contributed by atoms with E-state index in [1.165, 1.54) is 4.57 Å². The summed E-state index contributed by atoms with van der Waals surface area (Å²) in [5.74, 6) is 0. The summed E-state index contributed by atoms with van der Waals surface area (Å²) >= 11 is 0. The Bertz CT molecular complexity index is 525. The molecular formula is C13H14LiNO2. The van der Waals surface area contributed by atoms with Crippen LogP contribution < -0.4 is 18.9 Å². The number of nitrogens with zero attached hydrogens (tertiary/aromatic N) is 1. The fourth-order valence-electron chi connectivity index (χ4n) is 1.47. The largest absolute Gasteiger partial charge is 1.00 e. The van der Waals surface area contributed by atoms with Gasteiger partial charge in [0.15, 0.2) is 0 Å². The van der Waals surface area contributed by atoms with Crippen molar-refractivity contribution in [3.05, 3.63) is 36.5 Å². The van der Waals surface area contributed by atoms with Crippen LogP contribution in [0.1, 0.15) is 20.8 Å². The Hall–Kier alpha value is -1.17. The van der Waals surface area contributed by atoms with E-state index in [4.69, 9.17) is 4.74 Å². The topological polar surface area (TPSA) is 31.2 Å². The van der Waals surface area contributed by atoms with Crippen molar-refractivity contribution < 1.29 is 28.4 Å². The zero-order chi connectivity index (χ0) is 11.8. The molecule has 0 saturated heterocycles. The average Bonchev–Trinajstić information content (AvgIpc) is 2.58. The maximum absolute atomic E-state index is 11.9. The molecule has 0 aliphatic heterocycles. The third kappa shape index (κ3) is 3.15. The number of benzene rings is 1. The fraction of sp³-hybridized carbons (Fsp3) is 0.308. The van der Waals surface area contributed by atoms with E-state index in [9.17, 15) is 4.79 Å². The summed E-state index contributed by atoms with van der Waals surface area (Å²) in [6.45, 7) is 5.54. The molecule has 0 spiro atoms. The molecule has 0 aliphatic carbocycles. The summed E-state index contributed by atoms with van der Waals surface area (Å²) in [5, 5.41) is 0.911. The summed E-state index contributed by atoms with van der Waals surface area (Å²) < 4.78 is 6.77. The summed E-state index contributed by atoms with van der Waals surface area (Å²) in [6.07, 6.45) is 1.24. The van der Waals surface area contributed by atoms with E-state index in [1.807, 2.05) is 45.0 Å². The zero-order valence-corrected chi connectivity index (χ0v) is 10.7. The number of hydrogen-bond acceptors (Lipinski definition) is 2. The number of para-hydroxylation sites is 1. The molecule has 4 heteroatoms. The number of carbonyl (C=O) groups is 1. The van der Waals surface area contributed by atoms with Gasteiger partial charge < -0.3 is 9.30 Å². The van der Waals surface area contributed by atoms with Gasteiger partial charge in [-0.2, -0.15) is 17.5 Å².